The van der Waals surface area contributed by atoms with Gasteiger partial charge in [0, 0.05) is 6.20 Å². The molecule has 0 radical (unpaired) electrons. The zero-order valence-corrected chi connectivity index (χ0v) is 11.9. The number of hydrogen-bond donors (Lipinski definition) is 3. The van der Waals surface area contributed by atoms with E-state index in [0.717, 1.165) is 11.7 Å². The Labute approximate surface area is 127 Å². The van der Waals surface area contributed by atoms with Crippen LogP contribution in [0, 0.1) is 0 Å². The summed E-state index contributed by atoms with van der Waals surface area (Å²) in [5.41, 5.74) is 7.87. The lowest BCUT2D eigenvalue weighted by atomic mass is 10.2. The number of pyridine rings is 1. The molecule has 9 heteroatoms. The maximum atomic E-state index is 10.9. The second kappa shape index (κ2) is 5.15. The molecule has 3 aromatic rings. The number of nitrogen functional groups attached to an aromatic ring is 1. The molecule has 0 bridgehead atoms. The number of nitrogens with zero attached hydrogens (tertiary/aromatic N) is 3. The number of nitrogens with two attached hydrogens (primary N) is 1. The molecule has 0 saturated heterocycles. The number of benzene rings is 1. The summed E-state index contributed by atoms with van der Waals surface area (Å²) in [6.45, 7) is 0. The lowest BCUT2D eigenvalue weighted by Gasteiger charge is -2.10. The SMILES string of the molecule is Nc1cc(C(=O)O)cnc1Nc1c(Cl)ccc2nsnc12. The van der Waals surface area contributed by atoms with E-state index in [9.17, 15) is 4.79 Å². The Hall–Kier alpha value is -2.45. The molecule has 3 rings (SSSR count). The predicted molar refractivity (Wildman–Crippen MR) is 81.3 cm³/mol. The standard InChI is InChI=1S/C12H8ClN5O2S/c13-6-1-2-8-10(18-21-17-8)9(6)16-11-7(14)3-5(4-15-11)12(19)20/h1-4H,14H2,(H,15,16)(H,19,20). The number of aromatic nitrogens is 3. The van der Waals surface area contributed by atoms with E-state index in [4.69, 9.17) is 22.4 Å². The summed E-state index contributed by atoms with van der Waals surface area (Å²) < 4.78 is 8.30. The molecule has 7 nitrogen and oxygen atoms in total. The molecule has 0 spiro atoms. The van der Waals surface area contributed by atoms with E-state index in [1.807, 2.05) is 0 Å². The molecule has 0 unspecified atom stereocenters. The predicted octanol–water partition coefficient (Wildman–Crippen LogP) is 2.76. The average Bonchev–Trinajstić information content (AvgIpc) is 2.92. The van der Waals surface area contributed by atoms with Gasteiger partial charge in [0.05, 0.1) is 33.7 Å². The van der Waals surface area contributed by atoms with Crippen molar-refractivity contribution < 1.29 is 9.90 Å². The number of hydrogen-bond acceptors (Lipinski definition) is 7. The fourth-order valence-corrected chi connectivity index (χ4v) is 2.51. The highest BCUT2D eigenvalue weighted by Gasteiger charge is 2.13. The molecule has 21 heavy (non-hydrogen) atoms. The zero-order chi connectivity index (χ0) is 15.0. The van der Waals surface area contributed by atoms with Crippen molar-refractivity contribution in [1.82, 2.24) is 13.7 Å². The molecular formula is C12H8ClN5O2S. The van der Waals surface area contributed by atoms with Crippen LogP contribution in [0.2, 0.25) is 5.02 Å². The van der Waals surface area contributed by atoms with Crippen LogP contribution >= 0.6 is 23.3 Å². The quantitative estimate of drug-likeness (QED) is 0.679. The summed E-state index contributed by atoms with van der Waals surface area (Å²) in [6, 6.07) is 4.77. The Morgan fingerprint density at radius 2 is 2.19 bits per heavy atom. The van der Waals surface area contributed by atoms with Crippen molar-refractivity contribution in [2.24, 2.45) is 0 Å². The van der Waals surface area contributed by atoms with Crippen LogP contribution < -0.4 is 11.1 Å². The van der Waals surface area contributed by atoms with Crippen molar-refractivity contribution in [3.05, 3.63) is 35.0 Å². The van der Waals surface area contributed by atoms with Gasteiger partial charge in [-0.1, -0.05) is 11.6 Å². The van der Waals surface area contributed by atoms with E-state index in [2.05, 4.69) is 19.0 Å². The van der Waals surface area contributed by atoms with Gasteiger partial charge in [-0.25, -0.2) is 9.78 Å². The van der Waals surface area contributed by atoms with Crippen LogP contribution in [0.1, 0.15) is 10.4 Å². The first kappa shape index (κ1) is 13.5. The first-order valence-corrected chi connectivity index (χ1v) is 6.83. The lowest BCUT2D eigenvalue weighted by Crippen LogP contribution is -2.04. The highest BCUT2D eigenvalue weighted by atomic mass is 35.5. The maximum absolute atomic E-state index is 10.9. The maximum Gasteiger partial charge on any atom is 0.337 e. The van der Waals surface area contributed by atoms with Crippen LogP contribution in [0.5, 0.6) is 0 Å². The minimum Gasteiger partial charge on any atom is -0.478 e. The van der Waals surface area contributed by atoms with Crippen LogP contribution in [0.3, 0.4) is 0 Å². The summed E-state index contributed by atoms with van der Waals surface area (Å²) in [4.78, 5) is 14.9. The number of carbonyl (C=O) groups is 1. The van der Waals surface area contributed by atoms with Crippen LogP contribution in [-0.2, 0) is 0 Å². The van der Waals surface area contributed by atoms with Crippen molar-refractivity contribution in [2.75, 3.05) is 11.1 Å². The molecule has 0 saturated carbocycles. The van der Waals surface area contributed by atoms with Crippen molar-refractivity contribution in [3.63, 3.8) is 0 Å². The summed E-state index contributed by atoms with van der Waals surface area (Å²) in [5.74, 6) is -0.785. The third-order valence-corrected chi connectivity index (χ3v) is 3.64. The molecule has 2 heterocycles. The van der Waals surface area contributed by atoms with Crippen molar-refractivity contribution in [3.8, 4) is 0 Å². The molecule has 0 aliphatic heterocycles. The van der Waals surface area contributed by atoms with E-state index in [-0.39, 0.29) is 11.3 Å². The van der Waals surface area contributed by atoms with Crippen LogP contribution in [0.15, 0.2) is 24.4 Å². The van der Waals surface area contributed by atoms with E-state index < -0.39 is 5.97 Å². The highest BCUT2D eigenvalue weighted by molar-refractivity contribution is 7.00. The second-order valence-electron chi connectivity index (χ2n) is 4.15. The molecule has 0 amide bonds. The van der Waals surface area contributed by atoms with Gasteiger partial charge in [0.15, 0.2) is 5.82 Å². The van der Waals surface area contributed by atoms with Gasteiger partial charge >= 0.3 is 5.97 Å². The topological polar surface area (TPSA) is 114 Å². The highest BCUT2D eigenvalue weighted by Crippen LogP contribution is 2.33. The molecule has 0 fully saturated rings. The third kappa shape index (κ3) is 2.46. The normalized spacial score (nSPS) is 10.7. The zero-order valence-electron chi connectivity index (χ0n) is 10.4. The Morgan fingerprint density at radius 1 is 1.38 bits per heavy atom. The fourth-order valence-electron chi connectivity index (χ4n) is 1.77. The number of halogens is 1. The minimum atomic E-state index is -1.09. The van der Waals surface area contributed by atoms with Gasteiger partial charge in [0.1, 0.15) is 11.0 Å². The molecule has 0 aliphatic carbocycles. The van der Waals surface area contributed by atoms with Gasteiger partial charge in [0.2, 0.25) is 0 Å². The Kier molecular flexibility index (Phi) is 3.32. The first-order valence-electron chi connectivity index (χ1n) is 5.73. The lowest BCUT2D eigenvalue weighted by molar-refractivity contribution is 0.0696. The molecular weight excluding hydrogens is 314 g/mol. The second-order valence-corrected chi connectivity index (χ2v) is 5.08. The van der Waals surface area contributed by atoms with Gasteiger partial charge in [-0.05, 0) is 18.2 Å². The monoisotopic (exact) mass is 321 g/mol. The molecule has 1 aromatic carbocycles. The third-order valence-electron chi connectivity index (χ3n) is 2.78. The van der Waals surface area contributed by atoms with Gasteiger partial charge in [-0.2, -0.15) is 8.75 Å². The largest absolute Gasteiger partial charge is 0.478 e. The summed E-state index contributed by atoms with van der Waals surface area (Å²) in [7, 11) is 0. The number of nitrogens with one attached hydrogen (secondary N) is 1. The number of rotatable bonds is 3. The fraction of sp³-hybridized carbons (Fsp3) is 0. The molecule has 106 valence electrons. The van der Waals surface area contributed by atoms with Gasteiger partial charge < -0.3 is 16.2 Å². The number of aromatic carboxylic acids is 1. The van der Waals surface area contributed by atoms with Gasteiger partial charge in [0.25, 0.3) is 0 Å². The summed E-state index contributed by atoms with van der Waals surface area (Å²) in [6.07, 6.45) is 1.22. The molecule has 0 atom stereocenters. The van der Waals surface area contributed by atoms with Crippen molar-refractivity contribution >= 4 is 57.5 Å². The summed E-state index contributed by atoms with van der Waals surface area (Å²) in [5, 5.41) is 12.3. The van der Waals surface area contributed by atoms with E-state index in [1.165, 1.54) is 12.3 Å². The Bertz CT molecular complexity index is 851. The molecule has 0 aliphatic rings. The van der Waals surface area contributed by atoms with Crippen LogP contribution in [0.25, 0.3) is 11.0 Å². The number of fused-ring (bicyclic) bond motifs is 1. The first-order chi connectivity index (χ1) is 10.1. The Morgan fingerprint density at radius 3 is 2.90 bits per heavy atom. The smallest absolute Gasteiger partial charge is 0.337 e. The van der Waals surface area contributed by atoms with Gasteiger partial charge in [-0.3, -0.25) is 0 Å². The van der Waals surface area contributed by atoms with Crippen LogP contribution in [-0.4, -0.2) is 24.8 Å². The molecule has 4 N–H and O–H groups in total. The number of carboxylic acids is 1. The van der Waals surface area contributed by atoms with Gasteiger partial charge in [-0.15, -0.1) is 0 Å². The van der Waals surface area contributed by atoms with Crippen molar-refractivity contribution in [2.45, 2.75) is 0 Å². The van der Waals surface area contributed by atoms with Crippen LogP contribution in [0.4, 0.5) is 17.2 Å². The average molecular weight is 322 g/mol. The number of carboxylic acid groups (broad SMARTS) is 1. The van der Waals surface area contributed by atoms with E-state index in [0.29, 0.717) is 27.6 Å². The molecule has 2 aromatic heterocycles. The van der Waals surface area contributed by atoms with Crippen molar-refractivity contribution in [1.29, 1.82) is 0 Å². The summed E-state index contributed by atoms with van der Waals surface area (Å²) >= 11 is 7.22. The minimum absolute atomic E-state index is 0.0117. The Balaban J connectivity index is 2.04. The van der Waals surface area contributed by atoms with E-state index >= 15 is 0 Å². The van der Waals surface area contributed by atoms with E-state index in [1.54, 1.807) is 12.1 Å². The number of anilines is 3.